The first kappa shape index (κ1) is 17.0. The number of benzene rings is 1. The lowest BCUT2D eigenvalue weighted by molar-refractivity contribution is -0.114. The predicted octanol–water partition coefficient (Wildman–Crippen LogP) is 4.34. The van der Waals surface area contributed by atoms with Gasteiger partial charge in [-0.3, -0.25) is 4.79 Å². The Kier molecular flexibility index (Phi) is 5.63. The lowest BCUT2D eigenvalue weighted by atomic mass is 9.69. The van der Waals surface area contributed by atoms with Gasteiger partial charge in [-0.2, -0.15) is 0 Å². The van der Waals surface area contributed by atoms with Crippen LogP contribution in [0.15, 0.2) is 24.3 Å². The molecule has 0 bridgehead atoms. The van der Waals surface area contributed by atoms with Crippen LogP contribution in [0.5, 0.6) is 0 Å². The van der Waals surface area contributed by atoms with Gasteiger partial charge in [-0.05, 0) is 41.9 Å². The van der Waals surface area contributed by atoms with Crippen LogP contribution in [0.2, 0.25) is 0 Å². The van der Waals surface area contributed by atoms with Crippen LogP contribution in [0.25, 0.3) is 0 Å². The molecule has 3 nitrogen and oxygen atoms in total. The number of anilines is 1. The van der Waals surface area contributed by atoms with E-state index in [0.29, 0.717) is 11.5 Å². The van der Waals surface area contributed by atoms with Gasteiger partial charge in [0.15, 0.2) is 0 Å². The van der Waals surface area contributed by atoms with Crippen LogP contribution in [-0.2, 0) is 11.3 Å². The molecule has 0 radical (unpaired) electrons. The first-order valence-corrected chi connectivity index (χ1v) is 8.46. The zero-order valence-electron chi connectivity index (χ0n) is 14.4. The molecule has 0 saturated heterocycles. The second-order valence-corrected chi connectivity index (χ2v) is 7.62. The second kappa shape index (κ2) is 7.28. The molecule has 1 aromatic carbocycles. The van der Waals surface area contributed by atoms with Crippen LogP contribution in [-0.4, -0.2) is 11.9 Å². The first-order chi connectivity index (χ1) is 10.4. The molecule has 1 aromatic rings. The van der Waals surface area contributed by atoms with Crippen molar-refractivity contribution < 1.29 is 4.79 Å². The summed E-state index contributed by atoms with van der Waals surface area (Å²) < 4.78 is 0. The van der Waals surface area contributed by atoms with Crippen LogP contribution in [0.3, 0.4) is 0 Å². The minimum absolute atomic E-state index is 0.0268. The second-order valence-electron chi connectivity index (χ2n) is 7.62. The van der Waals surface area contributed by atoms with Gasteiger partial charge >= 0.3 is 0 Å². The lowest BCUT2D eigenvalue weighted by Gasteiger charge is -2.41. The molecule has 1 aliphatic rings. The van der Waals surface area contributed by atoms with E-state index in [9.17, 15) is 4.79 Å². The van der Waals surface area contributed by atoms with E-state index in [4.69, 9.17) is 0 Å². The van der Waals surface area contributed by atoms with Crippen LogP contribution in [0, 0.1) is 11.3 Å². The Morgan fingerprint density at radius 1 is 1.14 bits per heavy atom. The zero-order chi connectivity index (χ0) is 16.2. The maximum Gasteiger partial charge on any atom is 0.221 e. The minimum atomic E-state index is -0.0268. The van der Waals surface area contributed by atoms with Gasteiger partial charge in [0.2, 0.25) is 5.91 Å². The summed E-state index contributed by atoms with van der Waals surface area (Å²) in [5.74, 6) is 0.723. The maximum atomic E-state index is 11.0. The number of carbonyl (C=O) groups excluding carboxylic acids is 1. The highest BCUT2D eigenvalue weighted by atomic mass is 16.1. The zero-order valence-corrected chi connectivity index (χ0v) is 14.4. The third-order valence-corrected chi connectivity index (χ3v) is 4.72. The van der Waals surface area contributed by atoms with Crippen molar-refractivity contribution in [3.8, 4) is 0 Å². The van der Waals surface area contributed by atoms with Crippen molar-refractivity contribution >= 4 is 11.6 Å². The lowest BCUT2D eigenvalue weighted by Crippen LogP contribution is -2.43. The Morgan fingerprint density at radius 2 is 1.77 bits per heavy atom. The third kappa shape index (κ3) is 4.84. The predicted molar refractivity (Wildman–Crippen MR) is 92.8 cm³/mol. The van der Waals surface area contributed by atoms with Crippen LogP contribution in [0.4, 0.5) is 5.69 Å². The fourth-order valence-corrected chi connectivity index (χ4v) is 3.57. The van der Waals surface area contributed by atoms with Crippen molar-refractivity contribution in [2.24, 2.45) is 11.3 Å². The number of amides is 1. The maximum absolute atomic E-state index is 11.0. The highest BCUT2D eigenvalue weighted by Crippen LogP contribution is 2.38. The molecule has 122 valence electrons. The van der Waals surface area contributed by atoms with Gasteiger partial charge < -0.3 is 10.6 Å². The van der Waals surface area contributed by atoms with Gasteiger partial charge in [-0.25, -0.2) is 0 Å². The average molecular weight is 302 g/mol. The fourth-order valence-electron chi connectivity index (χ4n) is 3.57. The summed E-state index contributed by atoms with van der Waals surface area (Å²) in [6.07, 6.45) is 5.33. The van der Waals surface area contributed by atoms with Crippen LogP contribution >= 0.6 is 0 Å². The van der Waals surface area contributed by atoms with Gasteiger partial charge in [0.05, 0.1) is 0 Å². The average Bonchev–Trinajstić information content (AvgIpc) is 2.45. The summed E-state index contributed by atoms with van der Waals surface area (Å²) >= 11 is 0. The molecule has 3 heteroatoms. The van der Waals surface area contributed by atoms with Gasteiger partial charge in [0, 0.05) is 25.2 Å². The highest BCUT2D eigenvalue weighted by molar-refractivity contribution is 5.88. The molecule has 22 heavy (non-hydrogen) atoms. The van der Waals surface area contributed by atoms with E-state index in [0.717, 1.165) is 18.2 Å². The molecule has 2 atom stereocenters. The highest BCUT2D eigenvalue weighted by Gasteiger charge is 2.33. The number of rotatable bonds is 4. The normalized spacial score (nSPS) is 22.4. The largest absolute Gasteiger partial charge is 0.326 e. The molecule has 2 rings (SSSR count). The van der Waals surface area contributed by atoms with E-state index in [1.165, 1.54) is 38.2 Å². The summed E-state index contributed by atoms with van der Waals surface area (Å²) in [6, 6.07) is 8.74. The van der Waals surface area contributed by atoms with Crippen molar-refractivity contribution in [2.75, 3.05) is 5.32 Å². The number of hydrogen-bond acceptors (Lipinski definition) is 2. The van der Waals surface area contributed by atoms with E-state index in [1.807, 2.05) is 12.1 Å². The quantitative estimate of drug-likeness (QED) is 0.868. The SMILES string of the molecule is CC(=O)Nc1ccc(CNC2CCCCC2C(C)(C)C)cc1. The van der Waals surface area contributed by atoms with Gasteiger partial charge in [-0.1, -0.05) is 45.7 Å². The van der Waals surface area contributed by atoms with Crippen LogP contribution < -0.4 is 10.6 Å². The molecule has 1 fully saturated rings. The number of nitrogens with one attached hydrogen (secondary N) is 2. The summed E-state index contributed by atoms with van der Waals surface area (Å²) in [7, 11) is 0. The smallest absolute Gasteiger partial charge is 0.221 e. The van der Waals surface area contributed by atoms with E-state index in [1.54, 1.807) is 0 Å². The Bertz CT molecular complexity index is 487. The van der Waals surface area contributed by atoms with E-state index < -0.39 is 0 Å². The fraction of sp³-hybridized carbons (Fsp3) is 0.632. The monoisotopic (exact) mass is 302 g/mol. The molecule has 1 amide bonds. The molecular formula is C19H30N2O. The topological polar surface area (TPSA) is 41.1 Å². The summed E-state index contributed by atoms with van der Waals surface area (Å²) in [6.45, 7) is 9.52. The summed E-state index contributed by atoms with van der Waals surface area (Å²) in [4.78, 5) is 11.0. The van der Waals surface area contributed by atoms with Crippen LogP contribution in [0.1, 0.15) is 58.9 Å². The van der Waals surface area contributed by atoms with Crippen molar-refractivity contribution in [1.29, 1.82) is 0 Å². The molecular weight excluding hydrogens is 272 g/mol. The summed E-state index contributed by atoms with van der Waals surface area (Å²) in [5, 5.41) is 6.57. The molecule has 0 spiro atoms. The van der Waals surface area contributed by atoms with Gasteiger partial charge in [0.25, 0.3) is 0 Å². The molecule has 2 unspecified atom stereocenters. The molecule has 1 aliphatic carbocycles. The Labute approximate surface area is 134 Å². The van der Waals surface area contributed by atoms with Gasteiger partial charge in [-0.15, -0.1) is 0 Å². The van der Waals surface area contributed by atoms with Crippen molar-refractivity contribution in [3.05, 3.63) is 29.8 Å². The van der Waals surface area contributed by atoms with Gasteiger partial charge in [0.1, 0.15) is 0 Å². The number of carbonyl (C=O) groups is 1. The molecule has 0 aliphatic heterocycles. The Morgan fingerprint density at radius 3 is 2.36 bits per heavy atom. The third-order valence-electron chi connectivity index (χ3n) is 4.72. The molecule has 0 aromatic heterocycles. The Hall–Kier alpha value is -1.35. The first-order valence-electron chi connectivity index (χ1n) is 8.46. The van der Waals surface area contributed by atoms with Crippen molar-refractivity contribution in [3.63, 3.8) is 0 Å². The standard InChI is InChI=1S/C19H30N2O/c1-14(22)21-16-11-9-15(10-12-16)13-20-18-8-6-5-7-17(18)19(2,3)4/h9-12,17-18,20H,5-8,13H2,1-4H3,(H,21,22). The van der Waals surface area contributed by atoms with E-state index in [2.05, 4.69) is 43.5 Å². The van der Waals surface area contributed by atoms with Crippen molar-refractivity contribution in [1.82, 2.24) is 5.32 Å². The molecule has 1 saturated carbocycles. The summed E-state index contributed by atoms with van der Waals surface area (Å²) in [5.41, 5.74) is 2.50. The van der Waals surface area contributed by atoms with E-state index in [-0.39, 0.29) is 5.91 Å². The minimum Gasteiger partial charge on any atom is -0.326 e. The van der Waals surface area contributed by atoms with E-state index >= 15 is 0 Å². The van der Waals surface area contributed by atoms with Crippen molar-refractivity contribution in [2.45, 2.75) is 66.0 Å². The molecule has 0 heterocycles. The Balaban J connectivity index is 1.92. The molecule has 2 N–H and O–H groups in total. The number of hydrogen-bond donors (Lipinski definition) is 2.